The molecule has 1 saturated carbocycles. The van der Waals surface area contributed by atoms with E-state index in [1.165, 1.54) is 32.1 Å². The maximum Gasteiger partial charge on any atom is 0.318 e. The highest BCUT2D eigenvalue weighted by Gasteiger charge is 2.35. The van der Waals surface area contributed by atoms with Crippen molar-refractivity contribution in [3.05, 3.63) is 0 Å². The van der Waals surface area contributed by atoms with E-state index in [1.54, 1.807) is 0 Å². The van der Waals surface area contributed by atoms with Crippen LogP contribution in [-0.2, 0) is 4.79 Å². The lowest BCUT2D eigenvalue weighted by Gasteiger charge is -2.34. The Kier molecular flexibility index (Phi) is 5.21. The summed E-state index contributed by atoms with van der Waals surface area (Å²) in [5.41, 5.74) is 0. The van der Waals surface area contributed by atoms with Crippen LogP contribution in [0.15, 0.2) is 0 Å². The molecule has 0 unspecified atom stereocenters. The fraction of sp³-hybridized carbons (Fsp3) is 0.882. The molecule has 124 valence electrons. The molecule has 0 spiro atoms. The second-order valence-electron chi connectivity index (χ2n) is 7.05. The molecule has 22 heavy (non-hydrogen) atoms. The summed E-state index contributed by atoms with van der Waals surface area (Å²) in [6, 6.07) is 0.378. The van der Waals surface area contributed by atoms with Crippen molar-refractivity contribution in [1.29, 1.82) is 0 Å². The molecule has 3 rings (SSSR count). The number of likely N-dealkylation sites (tertiary alicyclic amines) is 2. The van der Waals surface area contributed by atoms with Crippen LogP contribution >= 0.6 is 0 Å². The van der Waals surface area contributed by atoms with Crippen LogP contribution in [0.2, 0.25) is 0 Å². The van der Waals surface area contributed by atoms with Crippen molar-refractivity contribution in [1.82, 2.24) is 15.1 Å². The van der Waals surface area contributed by atoms with Crippen molar-refractivity contribution in [3.63, 3.8) is 0 Å². The Morgan fingerprint density at radius 3 is 2.32 bits per heavy atom. The molecule has 1 aliphatic carbocycles. The summed E-state index contributed by atoms with van der Waals surface area (Å²) in [5, 5.41) is 2.87. The highest BCUT2D eigenvalue weighted by atomic mass is 16.2. The fourth-order valence-electron chi connectivity index (χ4n) is 4.38. The van der Waals surface area contributed by atoms with E-state index in [-0.39, 0.29) is 18.5 Å². The van der Waals surface area contributed by atoms with Crippen LogP contribution < -0.4 is 5.32 Å². The van der Waals surface area contributed by atoms with Crippen LogP contribution in [0.3, 0.4) is 0 Å². The molecular formula is C17H29N3O2. The van der Waals surface area contributed by atoms with Gasteiger partial charge >= 0.3 is 6.03 Å². The first-order valence-corrected chi connectivity index (χ1v) is 9.08. The maximum atomic E-state index is 12.5. The summed E-state index contributed by atoms with van der Waals surface area (Å²) in [6.45, 7) is 2.71. The van der Waals surface area contributed by atoms with Crippen molar-refractivity contribution in [2.24, 2.45) is 5.92 Å². The summed E-state index contributed by atoms with van der Waals surface area (Å²) in [7, 11) is 0. The largest absolute Gasteiger partial charge is 0.341 e. The van der Waals surface area contributed by atoms with Crippen LogP contribution in [0.5, 0.6) is 0 Å². The first kappa shape index (κ1) is 15.6. The molecule has 3 aliphatic rings. The van der Waals surface area contributed by atoms with E-state index < -0.39 is 0 Å². The molecule has 2 saturated heterocycles. The Hall–Kier alpha value is -1.26. The standard InChI is InChI=1S/C17H29N3O2/c21-16(19-10-4-5-11-19)13-18-17(22)20-12-6-9-15(20)14-7-2-1-3-8-14/h14-15H,1-13H2,(H,18,22)/t15-/m0/s1. The van der Waals surface area contributed by atoms with Gasteiger partial charge in [-0.1, -0.05) is 19.3 Å². The molecule has 2 aliphatic heterocycles. The Morgan fingerprint density at radius 1 is 0.864 bits per heavy atom. The zero-order valence-corrected chi connectivity index (χ0v) is 13.6. The third kappa shape index (κ3) is 3.55. The van der Waals surface area contributed by atoms with Crippen LogP contribution in [0, 0.1) is 5.92 Å². The molecule has 0 bridgehead atoms. The lowest BCUT2D eigenvalue weighted by molar-refractivity contribution is -0.129. The van der Waals surface area contributed by atoms with Gasteiger partial charge in [-0.3, -0.25) is 4.79 Å². The fourth-order valence-corrected chi connectivity index (χ4v) is 4.38. The lowest BCUT2D eigenvalue weighted by Crippen LogP contribution is -2.48. The molecule has 3 amide bonds. The normalized spacial score (nSPS) is 26.5. The van der Waals surface area contributed by atoms with E-state index in [4.69, 9.17) is 0 Å². The predicted molar refractivity (Wildman–Crippen MR) is 85.5 cm³/mol. The minimum absolute atomic E-state index is 0.0272. The summed E-state index contributed by atoms with van der Waals surface area (Å²) in [4.78, 5) is 28.4. The Balaban J connectivity index is 1.48. The van der Waals surface area contributed by atoms with Crippen molar-refractivity contribution < 1.29 is 9.59 Å². The first-order chi connectivity index (χ1) is 10.8. The number of nitrogens with one attached hydrogen (secondary N) is 1. The number of amides is 3. The SMILES string of the molecule is O=C(CNC(=O)N1CCC[C@H]1C1CCCCC1)N1CCCC1. The van der Waals surface area contributed by atoms with Gasteiger partial charge in [-0.05, 0) is 44.4 Å². The van der Waals surface area contributed by atoms with E-state index in [9.17, 15) is 9.59 Å². The van der Waals surface area contributed by atoms with Crippen molar-refractivity contribution in [3.8, 4) is 0 Å². The van der Waals surface area contributed by atoms with Gasteiger partial charge < -0.3 is 15.1 Å². The number of hydrogen-bond donors (Lipinski definition) is 1. The molecule has 1 N–H and O–H groups in total. The van der Waals surface area contributed by atoms with Gasteiger partial charge in [0.25, 0.3) is 0 Å². The number of carbonyl (C=O) groups is 2. The monoisotopic (exact) mass is 307 g/mol. The van der Waals surface area contributed by atoms with Crippen LogP contribution in [0.4, 0.5) is 4.79 Å². The average Bonchev–Trinajstić information content (AvgIpc) is 3.24. The number of hydrogen-bond acceptors (Lipinski definition) is 2. The Labute approximate surface area is 133 Å². The third-order valence-corrected chi connectivity index (χ3v) is 5.60. The highest BCUT2D eigenvalue weighted by molar-refractivity contribution is 5.84. The number of urea groups is 1. The topological polar surface area (TPSA) is 52.7 Å². The van der Waals surface area contributed by atoms with E-state index in [0.29, 0.717) is 12.0 Å². The summed E-state index contributed by atoms with van der Waals surface area (Å²) in [5.74, 6) is 0.746. The van der Waals surface area contributed by atoms with Crippen molar-refractivity contribution in [2.75, 3.05) is 26.2 Å². The quantitative estimate of drug-likeness (QED) is 0.870. The van der Waals surface area contributed by atoms with Gasteiger partial charge in [-0.25, -0.2) is 4.79 Å². The number of carbonyl (C=O) groups excluding carboxylic acids is 2. The Morgan fingerprint density at radius 2 is 1.59 bits per heavy atom. The lowest BCUT2D eigenvalue weighted by atomic mass is 9.83. The molecular weight excluding hydrogens is 278 g/mol. The second kappa shape index (κ2) is 7.34. The molecule has 5 heteroatoms. The van der Waals surface area contributed by atoms with Crippen LogP contribution in [-0.4, -0.2) is 54.0 Å². The van der Waals surface area contributed by atoms with Gasteiger partial charge in [0.2, 0.25) is 5.91 Å². The second-order valence-corrected chi connectivity index (χ2v) is 7.05. The van der Waals surface area contributed by atoms with Gasteiger partial charge in [0.1, 0.15) is 0 Å². The minimum Gasteiger partial charge on any atom is -0.341 e. The molecule has 5 nitrogen and oxygen atoms in total. The van der Waals surface area contributed by atoms with Gasteiger partial charge in [-0.2, -0.15) is 0 Å². The molecule has 2 heterocycles. The Bertz CT molecular complexity index is 401. The predicted octanol–water partition coefficient (Wildman–Crippen LogP) is 2.36. The first-order valence-electron chi connectivity index (χ1n) is 9.08. The van der Waals surface area contributed by atoms with E-state index in [1.807, 2.05) is 9.80 Å². The van der Waals surface area contributed by atoms with Gasteiger partial charge in [-0.15, -0.1) is 0 Å². The highest BCUT2D eigenvalue weighted by Crippen LogP contribution is 2.34. The average molecular weight is 307 g/mol. The molecule has 0 aromatic carbocycles. The van der Waals surface area contributed by atoms with Gasteiger partial charge in [0.15, 0.2) is 0 Å². The van der Waals surface area contributed by atoms with Crippen LogP contribution in [0.25, 0.3) is 0 Å². The van der Waals surface area contributed by atoms with E-state index in [0.717, 1.165) is 45.3 Å². The van der Waals surface area contributed by atoms with Gasteiger partial charge in [0, 0.05) is 25.7 Å². The molecule has 0 aromatic heterocycles. The van der Waals surface area contributed by atoms with Crippen molar-refractivity contribution in [2.45, 2.75) is 63.8 Å². The molecule has 1 atom stereocenters. The molecule has 3 fully saturated rings. The van der Waals surface area contributed by atoms with Gasteiger partial charge in [0.05, 0.1) is 6.54 Å². The van der Waals surface area contributed by atoms with E-state index in [2.05, 4.69) is 5.32 Å². The number of rotatable bonds is 3. The van der Waals surface area contributed by atoms with E-state index >= 15 is 0 Å². The maximum absolute atomic E-state index is 12.5. The zero-order valence-electron chi connectivity index (χ0n) is 13.6. The summed E-state index contributed by atoms with van der Waals surface area (Å²) in [6.07, 6.45) is 10.9. The molecule has 0 aromatic rings. The smallest absolute Gasteiger partial charge is 0.318 e. The summed E-state index contributed by atoms with van der Waals surface area (Å²) < 4.78 is 0. The zero-order chi connectivity index (χ0) is 15.4. The van der Waals surface area contributed by atoms with Crippen LogP contribution in [0.1, 0.15) is 57.8 Å². The minimum atomic E-state index is -0.0272. The third-order valence-electron chi connectivity index (χ3n) is 5.60. The molecule has 0 radical (unpaired) electrons. The van der Waals surface area contributed by atoms with Crippen molar-refractivity contribution >= 4 is 11.9 Å². The number of nitrogens with zero attached hydrogens (tertiary/aromatic N) is 2. The summed E-state index contributed by atoms with van der Waals surface area (Å²) >= 11 is 0.